The quantitative estimate of drug-likeness (QED) is 0.500. The fraction of sp³-hybridized carbons (Fsp3) is 0.875. The van der Waals surface area contributed by atoms with Gasteiger partial charge in [-0.05, 0) is 18.8 Å². The Balaban J connectivity index is 2.23. The summed E-state index contributed by atoms with van der Waals surface area (Å²) in [6, 6.07) is 0. The van der Waals surface area contributed by atoms with Crippen molar-refractivity contribution in [1.29, 1.82) is 0 Å². The van der Waals surface area contributed by atoms with Gasteiger partial charge in [-0.25, -0.2) is 0 Å². The van der Waals surface area contributed by atoms with Crippen LogP contribution in [0.5, 0.6) is 0 Å². The van der Waals surface area contributed by atoms with Gasteiger partial charge in [0.2, 0.25) is 5.91 Å². The molecule has 7 heteroatoms. The third-order valence-electron chi connectivity index (χ3n) is 2.56. The summed E-state index contributed by atoms with van der Waals surface area (Å²) in [6.07, 6.45) is 1.47. The summed E-state index contributed by atoms with van der Waals surface area (Å²) in [4.78, 5) is 27.1. The highest BCUT2D eigenvalue weighted by Crippen LogP contribution is 2.17. The molecular formula is C8H15N3O4. The van der Waals surface area contributed by atoms with Crippen LogP contribution in [0.1, 0.15) is 12.8 Å². The minimum atomic E-state index is -0.780. The lowest BCUT2D eigenvalue weighted by atomic mass is 9.98. The molecule has 1 rings (SSSR count). The van der Waals surface area contributed by atoms with Crippen molar-refractivity contribution in [2.24, 2.45) is 11.7 Å². The number of hydrogen-bond acceptors (Lipinski definition) is 5. The van der Waals surface area contributed by atoms with Crippen molar-refractivity contribution in [3.63, 3.8) is 0 Å². The van der Waals surface area contributed by atoms with Gasteiger partial charge < -0.3 is 15.5 Å². The predicted octanol–water partition coefficient (Wildman–Crippen LogP) is -0.608. The topological polar surface area (TPSA) is 98.7 Å². The minimum Gasteiger partial charge on any atom is -0.342 e. The second-order valence-corrected chi connectivity index (χ2v) is 3.55. The molecule has 0 unspecified atom stereocenters. The molecule has 2 N–H and O–H groups in total. The van der Waals surface area contributed by atoms with Gasteiger partial charge in [0, 0.05) is 13.1 Å². The Bertz CT molecular complexity index is 238. The third-order valence-corrected chi connectivity index (χ3v) is 2.56. The van der Waals surface area contributed by atoms with Crippen LogP contribution in [0, 0.1) is 16.0 Å². The molecule has 1 heterocycles. The number of likely N-dealkylation sites (tertiary alicyclic amines) is 1. The summed E-state index contributed by atoms with van der Waals surface area (Å²) in [5.41, 5.74) is 5.23. The van der Waals surface area contributed by atoms with E-state index in [2.05, 4.69) is 4.84 Å². The van der Waals surface area contributed by atoms with Crippen molar-refractivity contribution in [2.45, 2.75) is 12.8 Å². The van der Waals surface area contributed by atoms with E-state index in [0.29, 0.717) is 13.1 Å². The van der Waals surface area contributed by atoms with Crippen LogP contribution in [0.4, 0.5) is 0 Å². The van der Waals surface area contributed by atoms with E-state index in [0.717, 1.165) is 12.8 Å². The van der Waals surface area contributed by atoms with Crippen LogP contribution in [0.25, 0.3) is 0 Å². The zero-order valence-electron chi connectivity index (χ0n) is 8.42. The van der Waals surface area contributed by atoms with Crippen LogP contribution < -0.4 is 5.73 Å². The average molecular weight is 217 g/mol. The summed E-state index contributed by atoms with van der Waals surface area (Å²) in [5.74, 6) is 0.0980. The molecule has 0 saturated carbocycles. The molecule has 1 aliphatic heterocycles. The van der Waals surface area contributed by atoms with Crippen molar-refractivity contribution >= 4 is 5.91 Å². The van der Waals surface area contributed by atoms with E-state index in [1.54, 1.807) is 4.90 Å². The summed E-state index contributed by atoms with van der Waals surface area (Å²) in [7, 11) is 0. The Morgan fingerprint density at radius 3 is 2.60 bits per heavy atom. The van der Waals surface area contributed by atoms with Crippen LogP contribution in [-0.2, 0) is 9.63 Å². The Labute approximate surface area is 87.3 Å². The van der Waals surface area contributed by atoms with Gasteiger partial charge in [-0.1, -0.05) is 0 Å². The van der Waals surface area contributed by atoms with E-state index in [9.17, 15) is 14.9 Å². The third kappa shape index (κ3) is 3.70. The van der Waals surface area contributed by atoms with Crippen molar-refractivity contribution < 1.29 is 14.7 Å². The van der Waals surface area contributed by atoms with Gasteiger partial charge in [-0.15, -0.1) is 10.1 Å². The van der Waals surface area contributed by atoms with Gasteiger partial charge in [0.25, 0.3) is 5.09 Å². The smallest absolute Gasteiger partial charge is 0.294 e. The monoisotopic (exact) mass is 217 g/mol. The first-order valence-electron chi connectivity index (χ1n) is 4.88. The van der Waals surface area contributed by atoms with Crippen molar-refractivity contribution in [1.82, 2.24) is 4.90 Å². The van der Waals surface area contributed by atoms with Gasteiger partial charge in [0.05, 0.1) is 13.2 Å². The number of carbonyl (C=O) groups excluding carboxylic acids is 1. The molecule has 0 radical (unpaired) electrons. The molecule has 0 aromatic rings. The molecule has 0 atom stereocenters. The maximum absolute atomic E-state index is 11.2. The largest absolute Gasteiger partial charge is 0.342 e. The van der Waals surface area contributed by atoms with Crippen molar-refractivity contribution in [3.05, 3.63) is 10.1 Å². The van der Waals surface area contributed by atoms with Crippen LogP contribution in [0.2, 0.25) is 0 Å². The number of nitrogens with zero attached hydrogens (tertiary/aromatic N) is 2. The Morgan fingerprint density at radius 1 is 1.53 bits per heavy atom. The number of carbonyl (C=O) groups is 1. The van der Waals surface area contributed by atoms with Gasteiger partial charge in [-0.2, -0.15) is 0 Å². The van der Waals surface area contributed by atoms with Crippen LogP contribution >= 0.6 is 0 Å². The first-order valence-corrected chi connectivity index (χ1v) is 4.88. The highest BCUT2D eigenvalue weighted by atomic mass is 16.9. The number of nitrogens with two attached hydrogens (primary N) is 1. The Kier molecular flexibility index (Phi) is 4.29. The zero-order chi connectivity index (χ0) is 11.3. The molecule has 1 aliphatic rings. The highest BCUT2D eigenvalue weighted by Gasteiger charge is 2.22. The number of piperidine rings is 1. The normalized spacial score (nSPS) is 17.5. The summed E-state index contributed by atoms with van der Waals surface area (Å²) < 4.78 is 0. The summed E-state index contributed by atoms with van der Waals surface area (Å²) >= 11 is 0. The van der Waals surface area contributed by atoms with E-state index in [4.69, 9.17) is 5.73 Å². The SMILES string of the molecule is NCC(=O)N1CCC(CO[N+](=O)[O-])CC1. The van der Waals surface area contributed by atoms with E-state index in [-0.39, 0.29) is 25.0 Å². The average Bonchev–Trinajstić information content (AvgIpc) is 2.26. The fourth-order valence-corrected chi connectivity index (χ4v) is 1.64. The van der Waals surface area contributed by atoms with Crippen LogP contribution in [0.3, 0.4) is 0 Å². The molecule has 0 spiro atoms. The maximum atomic E-state index is 11.2. The molecule has 0 aromatic heterocycles. The summed E-state index contributed by atoms with van der Waals surface area (Å²) in [5, 5.41) is 9.18. The maximum Gasteiger partial charge on any atom is 0.294 e. The minimum absolute atomic E-state index is 0.0239. The molecular weight excluding hydrogens is 202 g/mol. The molecule has 7 nitrogen and oxygen atoms in total. The first-order chi connectivity index (χ1) is 7.13. The van der Waals surface area contributed by atoms with Gasteiger partial charge >= 0.3 is 0 Å². The number of amides is 1. The van der Waals surface area contributed by atoms with Crippen LogP contribution in [-0.4, -0.2) is 42.1 Å². The number of hydrogen-bond donors (Lipinski definition) is 1. The van der Waals surface area contributed by atoms with E-state index in [1.807, 2.05) is 0 Å². The molecule has 1 saturated heterocycles. The molecule has 15 heavy (non-hydrogen) atoms. The Hall–Kier alpha value is -1.37. The van der Waals surface area contributed by atoms with Crippen molar-refractivity contribution in [2.75, 3.05) is 26.2 Å². The molecule has 1 amide bonds. The standard InChI is InChI=1S/C8H15N3O4/c9-5-8(12)10-3-1-7(2-4-10)6-15-11(13)14/h7H,1-6,9H2. The lowest BCUT2D eigenvalue weighted by Gasteiger charge is -2.31. The molecule has 0 aromatic carbocycles. The van der Waals surface area contributed by atoms with E-state index in [1.165, 1.54) is 0 Å². The molecule has 0 aliphatic carbocycles. The second-order valence-electron chi connectivity index (χ2n) is 3.55. The van der Waals surface area contributed by atoms with Gasteiger partial charge in [-0.3, -0.25) is 4.79 Å². The second kappa shape index (κ2) is 5.50. The lowest BCUT2D eigenvalue weighted by Crippen LogP contribution is -2.42. The fourth-order valence-electron chi connectivity index (χ4n) is 1.64. The highest BCUT2D eigenvalue weighted by molar-refractivity contribution is 5.78. The van der Waals surface area contributed by atoms with Crippen LogP contribution in [0.15, 0.2) is 0 Å². The lowest BCUT2D eigenvalue weighted by molar-refractivity contribution is -0.759. The van der Waals surface area contributed by atoms with E-state index >= 15 is 0 Å². The zero-order valence-corrected chi connectivity index (χ0v) is 8.42. The predicted molar refractivity (Wildman–Crippen MR) is 51.3 cm³/mol. The molecule has 0 bridgehead atoms. The molecule has 1 fully saturated rings. The van der Waals surface area contributed by atoms with Gasteiger partial charge in [0.1, 0.15) is 0 Å². The summed E-state index contributed by atoms with van der Waals surface area (Å²) in [6.45, 7) is 1.37. The molecule has 86 valence electrons. The van der Waals surface area contributed by atoms with E-state index < -0.39 is 5.09 Å². The Morgan fingerprint density at radius 2 is 2.13 bits per heavy atom. The van der Waals surface area contributed by atoms with Gasteiger partial charge in [0.15, 0.2) is 0 Å². The van der Waals surface area contributed by atoms with Crippen molar-refractivity contribution in [3.8, 4) is 0 Å². The number of rotatable bonds is 4. The first kappa shape index (κ1) is 11.7.